The lowest BCUT2D eigenvalue weighted by molar-refractivity contribution is 0.169. The molecule has 1 aromatic heterocycles. The van der Waals surface area contributed by atoms with Crippen LogP contribution in [-0.4, -0.2) is 29.4 Å². The molecule has 1 atom stereocenters. The number of rotatable bonds is 6. The molecule has 0 aliphatic heterocycles. The van der Waals surface area contributed by atoms with E-state index in [-0.39, 0.29) is 0 Å². The summed E-state index contributed by atoms with van der Waals surface area (Å²) in [7, 11) is 1.68. The van der Waals surface area contributed by atoms with Crippen LogP contribution in [0.25, 0.3) is 21.8 Å². The molecule has 0 spiro atoms. The van der Waals surface area contributed by atoms with Crippen LogP contribution in [0.5, 0.6) is 5.75 Å². The molecule has 2 N–H and O–H groups in total. The van der Waals surface area contributed by atoms with Gasteiger partial charge in [-0.3, -0.25) is 0 Å². The number of nitrogens with one attached hydrogen (secondary N) is 1. The number of benzene rings is 3. The number of methoxy groups -OCH3 is 1. The first-order valence-electron chi connectivity index (χ1n) is 8.88. The van der Waals surface area contributed by atoms with E-state index in [4.69, 9.17) is 4.74 Å². The minimum absolute atomic E-state index is 0.484. The van der Waals surface area contributed by atoms with Crippen molar-refractivity contribution in [2.45, 2.75) is 12.6 Å². The smallest absolute Gasteiger partial charge is 0.119 e. The summed E-state index contributed by atoms with van der Waals surface area (Å²) < 4.78 is 8.60. The molecule has 5 heteroatoms. The van der Waals surface area contributed by atoms with Crippen molar-refractivity contribution in [2.75, 3.05) is 19.0 Å². The topological polar surface area (TPSA) is 46.4 Å². The Labute approximate surface area is 166 Å². The van der Waals surface area contributed by atoms with Gasteiger partial charge in [0.05, 0.1) is 19.8 Å². The molecule has 0 fully saturated rings. The fourth-order valence-corrected chi connectivity index (χ4v) is 3.81. The Balaban J connectivity index is 1.67. The summed E-state index contributed by atoms with van der Waals surface area (Å²) in [5, 5.41) is 16.2. The third kappa shape index (κ3) is 3.66. The monoisotopic (exact) mass is 424 g/mol. The van der Waals surface area contributed by atoms with E-state index < -0.39 is 6.10 Å². The molecular formula is C22H21BrN2O2. The minimum atomic E-state index is -0.519. The second-order valence-electron chi connectivity index (χ2n) is 6.56. The van der Waals surface area contributed by atoms with Crippen LogP contribution in [0.3, 0.4) is 0 Å². The van der Waals surface area contributed by atoms with Gasteiger partial charge in [-0.25, -0.2) is 0 Å². The minimum Gasteiger partial charge on any atom is -0.497 e. The molecule has 4 aromatic rings. The van der Waals surface area contributed by atoms with Gasteiger partial charge in [0.1, 0.15) is 5.75 Å². The lowest BCUT2D eigenvalue weighted by Crippen LogP contribution is -2.24. The molecule has 0 saturated carbocycles. The number of hydrogen-bond acceptors (Lipinski definition) is 3. The molecule has 0 amide bonds. The average molecular weight is 425 g/mol. The van der Waals surface area contributed by atoms with E-state index in [0.29, 0.717) is 13.1 Å². The molecule has 3 aromatic carbocycles. The third-order valence-corrected chi connectivity index (χ3v) is 5.24. The van der Waals surface area contributed by atoms with E-state index >= 15 is 0 Å². The summed E-state index contributed by atoms with van der Waals surface area (Å²) in [6, 6.07) is 22.2. The van der Waals surface area contributed by atoms with Gasteiger partial charge in [0.15, 0.2) is 0 Å². The van der Waals surface area contributed by atoms with Crippen molar-refractivity contribution in [1.29, 1.82) is 0 Å². The molecular weight excluding hydrogens is 404 g/mol. The lowest BCUT2D eigenvalue weighted by atomic mass is 10.1. The fourth-order valence-electron chi connectivity index (χ4n) is 3.45. The molecule has 1 heterocycles. The maximum Gasteiger partial charge on any atom is 0.119 e. The molecule has 4 nitrogen and oxygen atoms in total. The highest BCUT2D eigenvalue weighted by atomic mass is 79.9. The van der Waals surface area contributed by atoms with Crippen LogP contribution < -0.4 is 10.1 Å². The van der Waals surface area contributed by atoms with Gasteiger partial charge in [-0.1, -0.05) is 34.1 Å². The van der Waals surface area contributed by atoms with Gasteiger partial charge in [-0.05, 0) is 48.5 Å². The Morgan fingerprint density at radius 3 is 2.44 bits per heavy atom. The van der Waals surface area contributed by atoms with E-state index in [1.54, 1.807) is 7.11 Å². The molecule has 0 aliphatic rings. The Morgan fingerprint density at radius 1 is 1.00 bits per heavy atom. The van der Waals surface area contributed by atoms with Gasteiger partial charge >= 0.3 is 0 Å². The predicted octanol–water partition coefficient (Wildman–Crippen LogP) is 5.04. The van der Waals surface area contributed by atoms with Crippen molar-refractivity contribution >= 4 is 43.4 Å². The number of halogens is 1. The van der Waals surface area contributed by atoms with Crippen LogP contribution in [0, 0.1) is 0 Å². The molecule has 138 valence electrons. The molecule has 0 saturated heterocycles. The zero-order valence-electron chi connectivity index (χ0n) is 15.0. The standard InChI is InChI=1S/C22H21BrN2O2/c1-27-18-8-10-22-20(12-18)19-11-15(23)7-9-21(19)25(22)14-17(26)13-24-16-5-3-2-4-6-16/h2-12,17,24,26H,13-14H2,1H3. The summed E-state index contributed by atoms with van der Waals surface area (Å²) in [5.41, 5.74) is 3.19. The van der Waals surface area contributed by atoms with Crippen molar-refractivity contribution in [3.05, 3.63) is 71.2 Å². The van der Waals surface area contributed by atoms with Crippen molar-refractivity contribution in [3.8, 4) is 5.75 Å². The molecule has 0 bridgehead atoms. The van der Waals surface area contributed by atoms with Crippen molar-refractivity contribution in [3.63, 3.8) is 0 Å². The zero-order chi connectivity index (χ0) is 18.8. The zero-order valence-corrected chi connectivity index (χ0v) is 16.6. The van der Waals surface area contributed by atoms with Crippen molar-refractivity contribution < 1.29 is 9.84 Å². The lowest BCUT2D eigenvalue weighted by Gasteiger charge is -2.15. The number of aliphatic hydroxyl groups excluding tert-OH is 1. The quantitative estimate of drug-likeness (QED) is 0.455. The molecule has 0 radical (unpaired) electrons. The number of aliphatic hydroxyl groups is 1. The number of aromatic nitrogens is 1. The normalized spacial score (nSPS) is 12.4. The van der Waals surface area contributed by atoms with Crippen LogP contribution in [-0.2, 0) is 6.54 Å². The Kier molecular flexibility index (Phi) is 5.05. The Morgan fingerprint density at radius 2 is 1.70 bits per heavy atom. The van der Waals surface area contributed by atoms with Gasteiger partial charge < -0.3 is 19.7 Å². The van der Waals surface area contributed by atoms with Crippen LogP contribution in [0.15, 0.2) is 71.2 Å². The van der Waals surface area contributed by atoms with Crippen LogP contribution in [0.2, 0.25) is 0 Å². The maximum atomic E-state index is 10.6. The summed E-state index contributed by atoms with van der Waals surface area (Å²) in [5.74, 6) is 0.827. The summed E-state index contributed by atoms with van der Waals surface area (Å²) in [6.45, 7) is 0.992. The third-order valence-electron chi connectivity index (χ3n) is 4.74. The molecule has 4 rings (SSSR count). The number of ether oxygens (including phenoxy) is 1. The van der Waals surface area contributed by atoms with E-state index in [2.05, 4.69) is 50.1 Å². The predicted molar refractivity (Wildman–Crippen MR) is 115 cm³/mol. The van der Waals surface area contributed by atoms with Gasteiger partial charge in [-0.15, -0.1) is 0 Å². The highest BCUT2D eigenvalue weighted by Gasteiger charge is 2.15. The Hall–Kier alpha value is -2.50. The van der Waals surface area contributed by atoms with E-state index in [9.17, 15) is 5.11 Å². The Bertz CT molecular complexity index is 1080. The second-order valence-corrected chi connectivity index (χ2v) is 7.47. The number of anilines is 1. The molecule has 1 unspecified atom stereocenters. The van der Waals surface area contributed by atoms with Gasteiger partial charge in [0.25, 0.3) is 0 Å². The largest absolute Gasteiger partial charge is 0.497 e. The second kappa shape index (κ2) is 7.62. The van der Waals surface area contributed by atoms with E-state index in [1.807, 2.05) is 42.5 Å². The van der Waals surface area contributed by atoms with E-state index in [0.717, 1.165) is 37.7 Å². The highest BCUT2D eigenvalue weighted by Crippen LogP contribution is 2.33. The first-order chi connectivity index (χ1) is 13.2. The SMILES string of the molecule is COc1ccc2c(c1)c1cc(Br)ccc1n2CC(O)CNc1ccccc1. The first kappa shape index (κ1) is 17.9. The number of fused-ring (bicyclic) bond motifs is 3. The molecule has 0 aliphatic carbocycles. The molecule has 27 heavy (non-hydrogen) atoms. The van der Waals surface area contributed by atoms with E-state index in [1.165, 1.54) is 0 Å². The average Bonchev–Trinajstić information content (AvgIpc) is 2.99. The van der Waals surface area contributed by atoms with Gasteiger partial charge in [0, 0.05) is 38.5 Å². The summed E-state index contributed by atoms with van der Waals surface area (Å²) in [4.78, 5) is 0. The number of hydrogen-bond donors (Lipinski definition) is 2. The number of para-hydroxylation sites is 1. The highest BCUT2D eigenvalue weighted by molar-refractivity contribution is 9.10. The van der Waals surface area contributed by atoms with Crippen LogP contribution >= 0.6 is 15.9 Å². The van der Waals surface area contributed by atoms with Crippen LogP contribution in [0.1, 0.15) is 0 Å². The van der Waals surface area contributed by atoms with Gasteiger partial charge in [-0.2, -0.15) is 0 Å². The van der Waals surface area contributed by atoms with Crippen molar-refractivity contribution in [1.82, 2.24) is 4.57 Å². The number of nitrogens with zero attached hydrogens (tertiary/aromatic N) is 1. The summed E-state index contributed by atoms with van der Waals surface area (Å²) in [6.07, 6.45) is -0.519. The fraction of sp³-hybridized carbons (Fsp3) is 0.182. The maximum absolute atomic E-state index is 10.6. The summed E-state index contributed by atoms with van der Waals surface area (Å²) >= 11 is 3.56. The van der Waals surface area contributed by atoms with Crippen LogP contribution in [0.4, 0.5) is 5.69 Å². The van der Waals surface area contributed by atoms with Crippen molar-refractivity contribution in [2.24, 2.45) is 0 Å². The van der Waals surface area contributed by atoms with Gasteiger partial charge in [0.2, 0.25) is 0 Å². The first-order valence-corrected chi connectivity index (χ1v) is 9.67.